The van der Waals surface area contributed by atoms with Gasteiger partial charge in [-0.15, -0.1) is 0 Å². The molecule has 0 spiro atoms. The predicted octanol–water partition coefficient (Wildman–Crippen LogP) is 6.60. The number of imide groups is 1. The highest BCUT2D eigenvalue weighted by molar-refractivity contribution is 9.10. The number of nitro groups is 1. The number of ether oxygens (including phenoxy) is 1. The van der Waals surface area contributed by atoms with Crippen LogP contribution < -0.4 is 4.90 Å². The molecule has 0 bridgehead atoms. The summed E-state index contributed by atoms with van der Waals surface area (Å²) in [5.74, 6) is -2.15. The van der Waals surface area contributed by atoms with Gasteiger partial charge in [0.15, 0.2) is 6.61 Å². The number of nitrogens with zero attached hydrogens (tertiary/aromatic N) is 3. The van der Waals surface area contributed by atoms with Gasteiger partial charge in [-0.3, -0.25) is 29.4 Å². The van der Waals surface area contributed by atoms with Crippen LogP contribution in [0.25, 0.3) is 22.2 Å². The van der Waals surface area contributed by atoms with Gasteiger partial charge in [0.05, 0.1) is 39.2 Å². The first-order valence-corrected chi connectivity index (χ1v) is 15.0. The Morgan fingerprint density at radius 1 is 1.00 bits per heavy atom. The van der Waals surface area contributed by atoms with Gasteiger partial charge in [-0.25, -0.2) is 9.78 Å². The third kappa shape index (κ3) is 5.39. The van der Waals surface area contributed by atoms with Crippen LogP contribution in [0, 0.1) is 28.9 Å². The topological polar surface area (TPSA) is 137 Å². The Hall–Kier alpha value is -4.77. The molecule has 2 amide bonds. The molecule has 6 rings (SSSR count). The Morgan fingerprint density at radius 3 is 2.34 bits per heavy atom. The van der Waals surface area contributed by atoms with Crippen LogP contribution in [0.15, 0.2) is 71.2 Å². The van der Waals surface area contributed by atoms with E-state index in [1.54, 1.807) is 36.4 Å². The number of amides is 2. The zero-order valence-electron chi connectivity index (χ0n) is 23.6. The Labute approximate surface area is 260 Å². The highest BCUT2D eigenvalue weighted by Gasteiger charge is 2.48. The van der Waals surface area contributed by atoms with Crippen molar-refractivity contribution < 1.29 is 28.8 Å². The summed E-state index contributed by atoms with van der Waals surface area (Å²) >= 11 is 3.46. The number of aromatic nitrogens is 1. The summed E-state index contributed by atoms with van der Waals surface area (Å²) in [7, 11) is 0. The molecule has 0 N–H and O–H groups in total. The molecular weight excluding hydrogens is 630 g/mol. The number of non-ortho nitro benzene ring substituents is 1. The summed E-state index contributed by atoms with van der Waals surface area (Å²) in [5, 5.41) is 11.6. The molecule has 2 aliphatic rings. The van der Waals surface area contributed by atoms with Gasteiger partial charge in [0.1, 0.15) is 0 Å². The highest BCUT2D eigenvalue weighted by atomic mass is 79.9. The number of carbonyl (C=O) groups is 4. The normalized spacial score (nSPS) is 17.9. The number of aryl methyl sites for hydroxylation is 1. The van der Waals surface area contributed by atoms with Crippen LogP contribution in [-0.2, 0) is 14.3 Å². The average Bonchev–Trinajstić information content (AvgIpc) is 3.28. The zero-order chi connectivity index (χ0) is 31.1. The fourth-order valence-electron chi connectivity index (χ4n) is 6.06. The van der Waals surface area contributed by atoms with Crippen molar-refractivity contribution in [1.29, 1.82) is 0 Å². The maximum atomic E-state index is 13.4. The van der Waals surface area contributed by atoms with E-state index in [1.807, 2.05) is 13.0 Å². The van der Waals surface area contributed by atoms with Crippen LogP contribution >= 0.6 is 15.9 Å². The summed E-state index contributed by atoms with van der Waals surface area (Å²) in [4.78, 5) is 68.8. The second-order valence-corrected chi connectivity index (χ2v) is 12.0. The fraction of sp³-hybridized carbons (Fsp3) is 0.242. The first-order valence-electron chi connectivity index (χ1n) is 14.2. The van der Waals surface area contributed by atoms with Crippen molar-refractivity contribution in [3.05, 3.63) is 98.0 Å². The number of carbonyl (C=O) groups excluding carboxylic acids is 4. The fourth-order valence-corrected chi connectivity index (χ4v) is 6.63. The molecule has 10 nitrogen and oxygen atoms in total. The minimum Gasteiger partial charge on any atom is -0.454 e. The van der Waals surface area contributed by atoms with Crippen LogP contribution in [0.2, 0.25) is 0 Å². The predicted molar refractivity (Wildman–Crippen MR) is 165 cm³/mol. The Kier molecular flexibility index (Phi) is 7.81. The smallest absolute Gasteiger partial charge is 0.339 e. The van der Waals surface area contributed by atoms with E-state index < -0.39 is 23.3 Å². The molecule has 4 aromatic rings. The molecule has 3 aromatic carbocycles. The molecular formula is C33H26BrN3O7. The Balaban J connectivity index is 1.30. The number of pyridine rings is 1. The van der Waals surface area contributed by atoms with Crippen molar-refractivity contribution in [1.82, 2.24) is 4.98 Å². The van der Waals surface area contributed by atoms with E-state index in [0.29, 0.717) is 27.8 Å². The monoisotopic (exact) mass is 655 g/mol. The van der Waals surface area contributed by atoms with Crippen LogP contribution in [0.1, 0.15) is 52.0 Å². The summed E-state index contributed by atoms with van der Waals surface area (Å²) in [6.07, 6.45) is 3.36. The summed E-state index contributed by atoms with van der Waals surface area (Å²) in [5.41, 5.74) is 2.95. The highest BCUT2D eigenvalue weighted by Crippen LogP contribution is 2.40. The van der Waals surface area contributed by atoms with Crippen molar-refractivity contribution in [2.45, 2.75) is 32.6 Å². The molecule has 44 heavy (non-hydrogen) atoms. The molecule has 1 saturated heterocycles. The number of benzene rings is 3. The molecule has 1 aliphatic carbocycles. The Morgan fingerprint density at radius 2 is 1.68 bits per heavy atom. The van der Waals surface area contributed by atoms with Gasteiger partial charge in [-0.1, -0.05) is 53.0 Å². The molecule has 2 atom stereocenters. The van der Waals surface area contributed by atoms with Crippen molar-refractivity contribution in [3.8, 4) is 11.3 Å². The van der Waals surface area contributed by atoms with Crippen molar-refractivity contribution >= 4 is 61.8 Å². The average molecular weight is 656 g/mol. The quantitative estimate of drug-likeness (QED) is 0.0714. The van der Waals surface area contributed by atoms with Gasteiger partial charge in [0, 0.05) is 33.1 Å². The van der Waals surface area contributed by atoms with Gasteiger partial charge in [0.2, 0.25) is 17.6 Å². The number of esters is 1. The number of anilines is 1. The van der Waals surface area contributed by atoms with E-state index in [9.17, 15) is 29.3 Å². The third-order valence-corrected chi connectivity index (χ3v) is 8.72. The van der Waals surface area contributed by atoms with Gasteiger partial charge >= 0.3 is 5.97 Å². The lowest BCUT2D eigenvalue weighted by Gasteiger charge is -2.19. The van der Waals surface area contributed by atoms with E-state index in [-0.39, 0.29) is 40.5 Å². The number of ketones is 1. The van der Waals surface area contributed by atoms with Gasteiger partial charge in [-0.2, -0.15) is 0 Å². The van der Waals surface area contributed by atoms with Crippen molar-refractivity contribution in [3.63, 3.8) is 0 Å². The molecule has 2 unspecified atom stereocenters. The van der Waals surface area contributed by atoms with E-state index in [2.05, 4.69) is 15.9 Å². The summed E-state index contributed by atoms with van der Waals surface area (Å²) in [6.45, 7) is 1.25. The van der Waals surface area contributed by atoms with Crippen LogP contribution in [0.3, 0.4) is 0 Å². The number of rotatable bonds is 7. The second kappa shape index (κ2) is 11.7. The number of fused-ring (bicyclic) bond motifs is 2. The minimum absolute atomic E-state index is 0.0557. The number of nitro benzene ring substituents is 1. The first kappa shape index (κ1) is 29.3. The lowest BCUT2D eigenvalue weighted by atomic mass is 9.81. The van der Waals surface area contributed by atoms with E-state index in [4.69, 9.17) is 9.72 Å². The van der Waals surface area contributed by atoms with Gasteiger partial charge in [0.25, 0.3) is 5.69 Å². The molecule has 1 aliphatic heterocycles. The molecule has 1 saturated carbocycles. The molecule has 11 heteroatoms. The van der Waals surface area contributed by atoms with Crippen molar-refractivity contribution in [2.75, 3.05) is 11.5 Å². The van der Waals surface area contributed by atoms with Gasteiger partial charge in [-0.05, 0) is 55.7 Å². The van der Waals surface area contributed by atoms with Crippen molar-refractivity contribution in [2.24, 2.45) is 11.8 Å². The summed E-state index contributed by atoms with van der Waals surface area (Å²) < 4.78 is 6.12. The van der Waals surface area contributed by atoms with Crippen LogP contribution in [0.5, 0.6) is 0 Å². The largest absolute Gasteiger partial charge is 0.454 e. The lowest BCUT2D eigenvalue weighted by Crippen LogP contribution is -2.30. The molecule has 0 radical (unpaired) electrons. The number of halogens is 1. The third-order valence-electron chi connectivity index (χ3n) is 8.26. The first-order chi connectivity index (χ1) is 21.1. The summed E-state index contributed by atoms with van der Waals surface area (Å²) in [6, 6.07) is 17.3. The van der Waals surface area contributed by atoms with Crippen LogP contribution in [-0.4, -0.2) is 40.1 Å². The van der Waals surface area contributed by atoms with Gasteiger partial charge < -0.3 is 4.74 Å². The van der Waals surface area contributed by atoms with E-state index >= 15 is 0 Å². The number of hydrogen-bond donors (Lipinski definition) is 0. The molecule has 1 aromatic heterocycles. The molecule has 222 valence electrons. The minimum atomic E-state index is -0.762. The lowest BCUT2D eigenvalue weighted by molar-refractivity contribution is -0.384. The SMILES string of the molecule is Cc1cc(Br)cc2c(C(=O)OCC(=O)c3cccc([N+](=O)[O-])c3)cc(-c3ccc(N4C(=O)C5CCCCC5C4=O)cc3)nc12. The maximum absolute atomic E-state index is 13.4. The molecule has 2 fully saturated rings. The molecule has 2 heterocycles. The second-order valence-electron chi connectivity index (χ2n) is 11.0. The van der Waals surface area contributed by atoms with Crippen LogP contribution in [0.4, 0.5) is 11.4 Å². The van der Waals surface area contributed by atoms with E-state index in [1.165, 1.54) is 23.1 Å². The number of hydrogen-bond acceptors (Lipinski definition) is 8. The zero-order valence-corrected chi connectivity index (χ0v) is 25.2. The standard InChI is InChI=1S/C33H26BrN3O7/c1-18-13-21(34)15-26-27(33(41)44-17-29(38)20-5-4-6-23(14-20)37(42)43)16-28(35-30(18)26)19-9-11-22(12-10-19)36-31(39)24-7-2-3-8-25(24)32(36)40/h4-6,9-16,24-25H,2-3,7-8,17H2,1H3. The maximum Gasteiger partial charge on any atom is 0.339 e. The van der Waals surface area contributed by atoms with E-state index in [0.717, 1.165) is 41.8 Å². The Bertz CT molecular complexity index is 1850. The number of Topliss-reactive ketones (excluding diaryl/α,β-unsaturated/α-hetero) is 1.